The van der Waals surface area contributed by atoms with E-state index in [0.717, 1.165) is 5.56 Å². The average molecular weight is 554 g/mol. The summed E-state index contributed by atoms with van der Waals surface area (Å²) in [4.78, 5) is 24.2. The topological polar surface area (TPSA) is 98.2 Å². The van der Waals surface area contributed by atoms with Gasteiger partial charge in [0.1, 0.15) is 18.8 Å². The Morgan fingerprint density at radius 1 is 1.00 bits per heavy atom. The highest BCUT2D eigenvalue weighted by molar-refractivity contribution is 9.10. The molecule has 0 saturated carbocycles. The summed E-state index contributed by atoms with van der Waals surface area (Å²) in [5.41, 5.74) is 5.82. The van der Waals surface area contributed by atoms with Crippen molar-refractivity contribution in [1.82, 2.24) is 5.43 Å². The van der Waals surface area contributed by atoms with Crippen LogP contribution in [0.5, 0.6) is 17.2 Å². The highest BCUT2D eigenvalue weighted by Gasteiger charge is 2.12. The van der Waals surface area contributed by atoms with E-state index in [2.05, 4.69) is 31.8 Å². The number of carbonyl (C=O) groups excluding carboxylic acids is 2. The van der Waals surface area contributed by atoms with Gasteiger partial charge < -0.3 is 19.5 Å². The highest BCUT2D eigenvalue weighted by Crippen LogP contribution is 2.36. The molecule has 3 aromatic rings. The summed E-state index contributed by atoms with van der Waals surface area (Å²) < 4.78 is 17.5. The van der Waals surface area contributed by atoms with Gasteiger partial charge in [0.05, 0.1) is 24.4 Å². The summed E-state index contributed by atoms with van der Waals surface area (Å²) in [6.07, 6.45) is 1.09. The Hall–Kier alpha value is -3.85. The highest BCUT2D eigenvalue weighted by atomic mass is 79.9. The van der Waals surface area contributed by atoms with Gasteiger partial charge in [-0.25, -0.2) is 5.43 Å². The summed E-state index contributed by atoms with van der Waals surface area (Å²) in [6, 6.07) is 18.5. The SMILES string of the molecule is CCOc1ccc(NC(=O)CC(=O)NN=Cc2cc(Br)c(OCc3ccc(C)cc3)c(OC)c2)cc1. The van der Waals surface area contributed by atoms with Gasteiger partial charge in [-0.05, 0) is 77.3 Å². The quantitative estimate of drug-likeness (QED) is 0.192. The molecule has 0 spiro atoms. The molecular weight excluding hydrogens is 526 g/mol. The van der Waals surface area contributed by atoms with Gasteiger partial charge in [0.15, 0.2) is 11.5 Å². The fourth-order valence-corrected chi connectivity index (χ4v) is 3.74. The smallest absolute Gasteiger partial charge is 0.249 e. The number of hydrogen-bond donors (Lipinski definition) is 2. The summed E-state index contributed by atoms with van der Waals surface area (Å²) >= 11 is 3.51. The molecule has 0 radical (unpaired) electrons. The van der Waals surface area contributed by atoms with Crippen LogP contribution in [-0.4, -0.2) is 31.7 Å². The Labute approximate surface area is 218 Å². The van der Waals surface area contributed by atoms with Crippen molar-refractivity contribution >= 4 is 39.6 Å². The minimum atomic E-state index is -0.543. The second kappa shape index (κ2) is 13.3. The van der Waals surface area contributed by atoms with Crippen molar-refractivity contribution in [2.45, 2.75) is 26.9 Å². The number of anilines is 1. The number of methoxy groups -OCH3 is 1. The van der Waals surface area contributed by atoms with E-state index in [1.165, 1.54) is 11.8 Å². The van der Waals surface area contributed by atoms with Crippen LogP contribution in [0, 0.1) is 6.92 Å². The summed E-state index contributed by atoms with van der Waals surface area (Å²) in [6.45, 7) is 4.87. The number of nitrogens with one attached hydrogen (secondary N) is 2. The molecule has 0 aliphatic heterocycles. The molecule has 0 aromatic heterocycles. The van der Waals surface area contributed by atoms with Gasteiger partial charge >= 0.3 is 0 Å². The number of nitrogens with zero attached hydrogens (tertiary/aromatic N) is 1. The van der Waals surface area contributed by atoms with Gasteiger partial charge in [-0.2, -0.15) is 5.10 Å². The zero-order valence-electron chi connectivity index (χ0n) is 20.3. The van der Waals surface area contributed by atoms with E-state index in [0.29, 0.717) is 46.2 Å². The van der Waals surface area contributed by atoms with E-state index >= 15 is 0 Å². The number of benzene rings is 3. The van der Waals surface area contributed by atoms with Crippen LogP contribution in [0.2, 0.25) is 0 Å². The van der Waals surface area contributed by atoms with Gasteiger partial charge in [-0.15, -0.1) is 0 Å². The van der Waals surface area contributed by atoms with Gasteiger partial charge in [0.25, 0.3) is 0 Å². The number of hydrogen-bond acceptors (Lipinski definition) is 6. The van der Waals surface area contributed by atoms with Gasteiger partial charge in [-0.3, -0.25) is 9.59 Å². The number of hydrazone groups is 1. The molecule has 0 atom stereocenters. The van der Waals surface area contributed by atoms with Crippen LogP contribution in [0.25, 0.3) is 0 Å². The van der Waals surface area contributed by atoms with Crippen LogP contribution >= 0.6 is 15.9 Å². The predicted octanol–water partition coefficient (Wildman–Crippen LogP) is 5.22. The zero-order valence-corrected chi connectivity index (χ0v) is 21.9. The van der Waals surface area contributed by atoms with Crippen LogP contribution in [0.3, 0.4) is 0 Å². The lowest BCUT2D eigenvalue weighted by atomic mass is 10.2. The lowest BCUT2D eigenvalue weighted by Gasteiger charge is -2.13. The molecule has 0 aliphatic carbocycles. The predicted molar refractivity (Wildman–Crippen MR) is 143 cm³/mol. The molecule has 0 unspecified atom stereocenters. The van der Waals surface area contributed by atoms with Crippen molar-refractivity contribution < 1.29 is 23.8 Å². The van der Waals surface area contributed by atoms with Crippen LogP contribution in [0.4, 0.5) is 5.69 Å². The minimum Gasteiger partial charge on any atom is -0.494 e. The lowest BCUT2D eigenvalue weighted by Crippen LogP contribution is -2.24. The summed E-state index contributed by atoms with van der Waals surface area (Å²) in [5.74, 6) is 0.783. The van der Waals surface area contributed by atoms with E-state index in [9.17, 15) is 9.59 Å². The second-order valence-electron chi connectivity index (χ2n) is 7.78. The van der Waals surface area contributed by atoms with Crippen molar-refractivity contribution in [2.24, 2.45) is 5.10 Å². The van der Waals surface area contributed by atoms with E-state index in [1.54, 1.807) is 43.5 Å². The number of halogens is 1. The molecule has 3 rings (SSSR count). The van der Waals surface area contributed by atoms with Crippen molar-refractivity contribution in [1.29, 1.82) is 0 Å². The van der Waals surface area contributed by atoms with E-state index in [4.69, 9.17) is 14.2 Å². The third-order valence-electron chi connectivity index (χ3n) is 4.93. The molecule has 2 N–H and O–H groups in total. The molecule has 3 aromatic carbocycles. The molecule has 36 heavy (non-hydrogen) atoms. The molecule has 0 aliphatic rings. The number of carbonyl (C=O) groups is 2. The second-order valence-corrected chi connectivity index (χ2v) is 8.64. The van der Waals surface area contributed by atoms with Crippen molar-refractivity contribution in [3.05, 3.63) is 81.8 Å². The number of amides is 2. The Kier molecular flexibility index (Phi) is 9.88. The Balaban J connectivity index is 1.53. The zero-order chi connectivity index (χ0) is 25.9. The third-order valence-corrected chi connectivity index (χ3v) is 5.52. The summed E-state index contributed by atoms with van der Waals surface area (Å²) in [5, 5.41) is 6.61. The maximum atomic E-state index is 12.1. The van der Waals surface area contributed by atoms with Gasteiger partial charge in [0.2, 0.25) is 11.8 Å². The molecule has 0 bridgehead atoms. The Morgan fingerprint density at radius 2 is 1.72 bits per heavy atom. The van der Waals surface area contributed by atoms with Gasteiger partial charge in [0, 0.05) is 5.69 Å². The molecule has 0 fully saturated rings. The number of rotatable bonds is 11. The minimum absolute atomic E-state index is 0.372. The first-order chi connectivity index (χ1) is 17.4. The first-order valence-corrected chi connectivity index (χ1v) is 12.1. The van der Waals surface area contributed by atoms with Crippen molar-refractivity contribution in [3.63, 3.8) is 0 Å². The van der Waals surface area contributed by atoms with Crippen LogP contribution < -0.4 is 25.0 Å². The molecule has 2 amide bonds. The summed E-state index contributed by atoms with van der Waals surface area (Å²) in [7, 11) is 1.55. The van der Waals surface area contributed by atoms with Gasteiger partial charge in [-0.1, -0.05) is 29.8 Å². The average Bonchev–Trinajstić information content (AvgIpc) is 2.85. The maximum Gasteiger partial charge on any atom is 0.249 e. The van der Waals surface area contributed by atoms with E-state index < -0.39 is 11.8 Å². The molecule has 9 heteroatoms. The molecule has 188 valence electrons. The lowest BCUT2D eigenvalue weighted by molar-refractivity contribution is -0.126. The Morgan fingerprint density at radius 3 is 2.39 bits per heavy atom. The first kappa shape index (κ1) is 26.7. The standard InChI is InChI=1S/C27H28BrN3O5/c1-4-35-22-11-9-21(10-12-22)30-25(32)15-26(33)31-29-16-20-13-23(28)27(24(14-20)34-3)36-17-19-7-5-18(2)6-8-19/h5-14,16H,4,15,17H2,1-3H3,(H,30,32)(H,31,33). The largest absolute Gasteiger partial charge is 0.494 e. The van der Waals surface area contributed by atoms with E-state index in [1.807, 2.05) is 38.1 Å². The van der Waals surface area contributed by atoms with E-state index in [-0.39, 0.29) is 6.42 Å². The first-order valence-electron chi connectivity index (χ1n) is 11.3. The maximum absolute atomic E-state index is 12.1. The fourth-order valence-electron chi connectivity index (χ4n) is 3.16. The van der Waals surface area contributed by atoms with Crippen molar-refractivity contribution in [2.75, 3.05) is 19.0 Å². The normalized spacial score (nSPS) is 10.7. The fraction of sp³-hybridized carbons (Fsp3) is 0.222. The van der Waals surface area contributed by atoms with Crippen LogP contribution in [0.1, 0.15) is 30.0 Å². The molecule has 0 heterocycles. The van der Waals surface area contributed by atoms with Crippen molar-refractivity contribution in [3.8, 4) is 17.2 Å². The van der Waals surface area contributed by atoms with Crippen LogP contribution in [0.15, 0.2) is 70.2 Å². The molecular formula is C27H28BrN3O5. The number of ether oxygens (including phenoxy) is 3. The molecule has 8 nitrogen and oxygen atoms in total. The number of aryl methyl sites for hydroxylation is 1. The monoisotopic (exact) mass is 553 g/mol. The Bertz CT molecular complexity index is 1210. The third kappa shape index (κ3) is 8.13. The van der Waals surface area contributed by atoms with Crippen LogP contribution in [-0.2, 0) is 16.2 Å². The molecule has 0 saturated heterocycles.